The van der Waals surface area contributed by atoms with Crippen molar-refractivity contribution in [3.05, 3.63) is 65.5 Å². The van der Waals surface area contributed by atoms with E-state index in [4.69, 9.17) is 9.47 Å². The molecule has 0 saturated heterocycles. The third-order valence-corrected chi connectivity index (χ3v) is 3.29. The topological polar surface area (TPSA) is 18.5 Å². The first-order valence-corrected chi connectivity index (χ1v) is 6.41. The molecule has 0 fully saturated rings. The zero-order chi connectivity index (χ0) is 13.1. The van der Waals surface area contributed by atoms with Crippen molar-refractivity contribution in [3.63, 3.8) is 0 Å². The van der Waals surface area contributed by atoms with Gasteiger partial charge in [-0.25, -0.2) is 4.39 Å². The van der Waals surface area contributed by atoms with Crippen molar-refractivity contribution in [1.29, 1.82) is 0 Å². The molecular formula is C16H15FO2. The van der Waals surface area contributed by atoms with Gasteiger partial charge in [-0.1, -0.05) is 30.3 Å². The van der Waals surface area contributed by atoms with Crippen molar-refractivity contribution >= 4 is 0 Å². The molecule has 98 valence electrons. The Morgan fingerprint density at radius 3 is 2.95 bits per heavy atom. The number of rotatable bonds is 3. The lowest BCUT2D eigenvalue weighted by Gasteiger charge is -2.26. The minimum Gasteiger partial charge on any atom is -0.490 e. The molecule has 1 heterocycles. The van der Waals surface area contributed by atoms with Crippen LogP contribution >= 0.6 is 0 Å². The maximum Gasteiger partial charge on any atom is 0.126 e. The summed E-state index contributed by atoms with van der Waals surface area (Å²) in [4.78, 5) is 0. The Balaban J connectivity index is 1.71. The van der Waals surface area contributed by atoms with E-state index in [2.05, 4.69) is 12.1 Å². The number of benzene rings is 2. The summed E-state index contributed by atoms with van der Waals surface area (Å²) in [5, 5.41) is 0. The van der Waals surface area contributed by atoms with Gasteiger partial charge in [-0.15, -0.1) is 0 Å². The smallest absolute Gasteiger partial charge is 0.126 e. The van der Waals surface area contributed by atoms with Gasteiger partial charge in [0.05, 0.1) is 6.61 Å². The van der Waals surface area contributed by atoms with E-state index in [-0.39, 0.29) is 11.9 Å². The molecular weight excluding hydrogens is 243 g/mol. The second-order valence-electron chi connectivity index (χ2n) is 4.58. The van der Waals surface area contributed by atoms with Gasteiger partial charge in [0.25, 0.3) is 0 Å². The van der Waals surface area contributed by atoms with Crippen molar-refractivity contribution in [2.75, 3.05) is 13.2 Å². The van der Waals surface area contributed by atoms with E-state index in [0.29, 0.717) is 19.0 Å². The third kappa shape index (κ3) is 2.76. The van der Waals surface area contributed by atoms with Crippen LogP contribution in [0.4, 0.5) is 4.39 Å². The molecule has 0 spiro atoms. The van der Waals surface area contributed by atoms with Crippen molar-refractivity contribution in [2.24, 2.45) is 0 Å². The van der Waals surface area contributed by atoms with E-state index in [9.17, 15) is 4.39 Å². The highest BCUT2D eigenvalue weighted by Crippen LogP contribution is 2.27. The molecule has 0 bridgehead atoms. The molecule has 2 aromatic carbocycles. The SMILES string of the molecule is Fc1cccc(OCC2OCCc3ccccc32)c1. The molecule has 2 nitrogen and oxygen atoms in total. The fourth-order valence-corrected chi connectivity index (χ4v) is 2.34. The third-order valence-electron chi connectivity index (χ3n) is 3.29. The normalized spacial score (nSPS) is 17.8. The van der Waals surface area contributed by atoms with Crippen LogP contribution in [0.3, 0.4) is 0 Å². The second kappa shape index (κ2) is 5.41. The van der Waals surface area contributed by atoms with Crippen molar-refractivity contribution in [1.82, 2.24) is 0 Å². The number of hydrogen-bond donors (Lipinski definition) is 0. The van der Waals surface area contributed by atoms with Crippen LogP contribution in [0.1, 0.15) is 17.2 Å². The lowest BCUT2D eigenvalue weighted by atomic mass is 9.98. The van der Waals surface area contributed by atoms with Gasteiger partial charge in [-0.05, 0) is 29.7 Å². The maximum atomic E-state index is 13.1. The Morgan fingerprint density at radius 1 is 1.16 bits per heavy atom. The Kier molecular flexibility index (Phi) is 3.47. The highest BCUT2D eigenvalue weighted by Gasteiger charge is 2.20. The van der Waals surface area contributed by atoms with Crippen LogP contribution in [0.5, 0.6) is 5.75 Å². The minimum absolute atomic E-state index is 0.0757. The summed E-state index contributed by atoms with van der Waals surface area (Å²) in [5.74, 6) is 0.245. The number of ether oxygens (including phenoxy) is 2. The van der Waals surface area contributed by atoms with Gasteiger partial charge in [-0.3, -0.25) is 0 Å². The Labute approximate surface area is 111 Å². The first-order chi connectivity index (χ1) is 9.33. The molecule has 1 aliphatic rings. The fraction of sp³-hybridized carbons (Fsp3) is 0.250. The molecule has 0 aromatic heterocycles. The molecule has 0 aliphatic carbocycles. The standard InChI is InChI=1S/C16H15FO2/c17-13-5-3-6-14(10-13)19-11-16-15-7-2-1-4-12(15)8-9-18-16/h1-7,10,16H,8-9,11H2. The average Bonchev–Trinajstić information content (AvgIpc) is 2.45. The number of hydrogen-bond acceptors (Lipinski definition) is 2. The minimum atomic E-state index is -0.289. The van der Waals surface area contributed by atoms with Crippen molar-refractivity contribution in [2.45, 2.75) is 12.5 Å². The van der Waals surface area contributed by atoms with Crippen molar-refractivity contribution in [3.8, 4) is 5.75 Å². The first kappa shape index (κ1) is 12.2. The molecule has 0 saturated carbocycles. The van der Waals surface area contributed by atoms with Crippen molar-refractivity contribution < 1.29 is 13.9 Å². The predicted octanol–water partition coefficient (Wildman–Crippen LogP) is 3.52. The summed E-state index contributed by atoms with van der Waals surface area (Å²) >= 11 is 0. The molecule has 0 amide bonds. The van der Waals surface area contributed by atoms with Gasteiger partial charge >= 0.3 is 0 Å². The van der Waals surface area contributed by atoms with Gasteiger partial charge < -0.3 is 9.47 Å². The molecule has 1 atom stereocenters. The molecule has 19 heavy (non-hydrogen) atoms. The largest absolute Gasteiger partial charge is 0.490 e. The Bertz CT molecular complexity index is 568. The molecule has 2 aromatic rings. The molecule has 0 N–H and O–H groups in total. The van der Waals surface area contributed by atoms with Crippen LogP contribution in [0, 0.1) is 5.82 Å². The van der Waals surface area contributed by atoms with E-state index >= 15 is 0 Å². The van der Waals surface area contributed by atoms with E-state index in [1.807, 2.05) is 12.1 Å². The van der Waals surface area contributed by atoms with E-state index < -0.39 is 0 Å². The lowest BCUT2D eigenvalue weighted by molar-refractivity contribution is 0.0101. The Hall–Kier alpha value is -1.87. The molecule has 1 unspecified atom stereocenters. The summed E-state index contributed by atoms with van der Waals surface area (Å²) in [5.41, 5.74) is 2.48. The average molecular weight is 258 g/mol. The van der Waals surface area contributed by atoms with Gasteiger partial charge in [-0.2, -0.15) is 0 Å². The van der Waals surface area contributed by atoms with Crippen LogP contribution in [0.2, 0.25) is 0 Å². The van der Waals surface area contributed by atoms with Crippen LogP contribution < -0.4 is 4.74 Å². The van der Waals surface area contributed by atoms with E-state index in [1.165, 1.54) is 23.3 Å². The Morgan fingerprint density at radius 2 is 2.05 bits per heavy atom. The van der Waals surface area contributed by atoms with E-state index in [0.717, 1.165) is 6.42 Å². The van der Waals surface area contributed by atoms with Crippen LogP contribution in [0.15, 0.2) is 48.5 Å². The molecule has 1 aliphatic heterocycles. The molecule has 3 heteroatoms. The summed E-state index contributed by atoms with van der Waals surface area (Å²) in [7, 11) is 0. The van der Waals surface area contributed by atoms with Gasteiger partial charge in [0, 0.05) is 6.07 Å². The molecule has 0 radical (unpaired) electrons. The summed E-state index contributed by atoms with van der Waals surface area (Å²) in [6.07, 6.45) is 0.861. The summed E-state index contributed by atoms with van der Waals surface area (Å²) < 4.78 is 24.4. The zero-order valence-electron chi connectivity index (χ0n) is 10.5. The van der Waals surface area contributed by atoms with Gasteiger partial charge in [0.15, 0.2) is 0 Å². The number of fused-ring (bicyclic) bond motifs is 1. The maximum absolute atomic E-state index is 13.1. The van der Waals surface area contributed by atoms with Gasteiger partial charge in [0.2, 0.25) is 0 Å². The van der Waals surface area contributed by atoms with Crippen LogP contribution in [-0.2, 0) is 11.2 Å². The highest BCUT2D eigenvalue weighted by molar-refractivity contribution is 5.31. The number of halogens is 1. The summed E-state index contributed by atoms with van der Waals surface area (Å²) in [6, 6.07) is 14.4. The van der Waals surface area contributed by atoms with Crippen LogP contribution in [0.25, 0.3) is 0 Å². The monoisotopic (exact) mass is 258 g/mol. The van der Waals surface area contributed by atoms with E-state index in [1.54, 1.807) is 12.1 Å². The zero-order valence-corrected chi connectivity index (χ0v) is 10.5. The lowest BCUT2D eigenvalue weighted by Crippen LogP contribution is -2.21. The highest BCUT2D eigenvalue weighted by atomic mass is 19.1. The quantitative estimate of drug-likeness (QED) is 0.838. The fourth-order valence-electron chi connectivity index (χ4n) is 2.34. The first-order valence-electron chi connectivity index (χ1n) is 6.41. The predicted molar refractivity (Wildman–Crippen MR) is 70.7 cm³/mol. The second-order valence-corrected chi connectivity index (χ2v) is 4.58. The van der Waals surface area contributed by atoms with Gasteiger partial charge in [0.1, 0.15) is 24.3 Å². The van der Waals surface area contributed by atoms with Crippen LogP contribution in [-0.4, -0.2) is 13.2 Å². The molecule has 3 rings (SSSR count). The summed E-state index contributed by atoms with van der Waals surface area (Å²) in [6.45, 7) is 1.11.